The Bertz CT molecular complexity index is 569. The molecule has 0 heterocycles. The quantitative estimate of drug-likeness (QED) is 0.865. The van der Waals surface area contributed by atoms with Crippen molar-refractivity contribution in [3.63, 3.8) is 0 Å². The maximum absolute atomic E-state index is 12.2. The Kier molecular flexibility index (Phi) is 5.39. The van der Waals surface area contributed by atoms with E-state index in [0.29, 0.717) is 17.9 Å². The molecule has 0 unspecified atom stereocenters. The summed E-state index contributed by atoms with van der Waals surface area (Å²) in [4.78, 5) is 11.0. The lowest BCUT2D eigenvalue weighted by Gasteiger charge is -2.17. The zero-order valence-corrected chi connectivity index (χ0v) is 12.7. The van der Waals surface area contributed by atoms with E-state index in [4.69, 9.17) is 5.11 Å². The summed E-state index contributed by atoms with van der Waals surface area (Å²) < 4.78 is 25.7. The van der Waals surface area contributed by atoms with E-state index in [2.05, 4.69) is 0 Å². The van der Waals surface area contributed by atoms with Crippen LogP contribution < -0.4 is 0 Å². The standard InChI is InChI=1S/C12H17NO4S2/c1-9-4-5-10(8-11(9)12(14)15)19(16,17)13(2)6-7-18-3/h4-5,8H,6-7H2,1-3H3,(H,14,15). The average Bonchev–Trinajstić information content (AvgIpc) is 2.35. The molecule has 0 aliphatic rings. The second kappa shape index (κ2) is 6.40. The second-order valence-electron chi connectivity index (χ2n) is 4.10. The van der Waals surface area contributed by atoms with Crippen LogP contribution in [0.25, 0.3) is 0 Å². The maximum Gasteiger partial charge on any atom is 0.335 e. The topological polar surface area (TPSA) is 74.7 Å². The molecule has 0 amide bonds. The van der Waals surface area contributed by atoms with Gasteiger partial charge < -0.3 is 5.11 Å². The zero-order valence-electron chi connectivity index (χ0n) is 11.1. The highest BCUT2D eigenvalue weighted by Crippen LogP contribution is 2.19. The lowest BCUT2D eigenvalue weighted by molar-refractivity contribution is 0.0696. The lowest BCUT2D eigenvalue weighted by Crippen LogP contribution is -2.29. The molecule has 0 saturated heterocycles. The molecule has 0 aliphatic heterocycles. The normalized spacial score (nSPS) is 11.8. The van der Waals surface area contributed by atoms with Gasteiger partial charge in [-0.2, -0.15) is 11.8 Å². The molecule has 1 N–H and O–H groups in total. The van der Waals surface area contributed by atoms with E-state index in [9.17, 15) is 13.2 Å². The number of benzene rings is 1. The Morgan fingerprint density at radius 2 is 2.05 bits per heavy atom. The van der Waals surface area contributed by atoms with Crippen molar-refractivity contribution >= 4 is 27.8 Å². The predicted octanol–water partition coefficient (Wildman–Crippen LogP) is 1.68. The van der Waals surface area contributed by atoms with Crippen LogP contribution >= 0.6 is 11.8 Å². The molecule has 1 rings (SSSR count). The zero-order chi connectivity index (χ0) is 14.6. The number of carboxylic acids is 1. The number of hydrogen-bond donors (Lipinski definition) is 1. The summed E-state index contributed by atoms with van der Waals surface area (Å²) in [5.74, 6) is -0.436. The Labute approximate surface area is 117 Å². The number of aromatic carboxylic acids is 1. The molecule has 5 nitrogen and oxygen atoms in total. The van der Waals surface area contributed by atoms with Gasteiger partial charge in [0.25, 0.3) is 0 Å². The molecule has 0 aliphatic carbocycles. The van der Waals surface area contributed by atoms with E-state index in [0.717, 1.165) is 0 Å². The highest BCUT2D eigenvalue weighted by molar-refractivity contribution is 7.98. The number of nitrogens with zero attached hydrogens (tertiary/aromatic N) is 1. The van der Waals surface area contributed by atoms with Crippen molar-refractivity contribution in [3.8, 4) is 0 Å². The van der Waals surface area contributed by atoms with E-state index in [1.807, 2.05) is 6.26 Å². The van der Waals surface area contributed by atoms with Crippen LogP contribution in [-0.4, -0.2) is 49.4 Å². The maximum atomic E-state index is 12.2. The fourth-order valence-corrected chi connectivity index (χ4v) is 3.28. The van der Waals surface area contributed by atoms with Crippen LogP contribution in [0.3, 0.4) is 0 Å². The first-order chi connectivity index (χ1) is 8.80. The van der Waals surface area contributed by atoms with E-state index in [1.54, 1.807) is 18.7 Å². The number of sulfonamides is 1. The molecular formula is C12H17NO4S2. The SMILES string of the molecule is CSCCN(C)S(=O)(=O)c1ccc(C)c(C(=O)O)c1. The first kappa shape index (κ1) is 16.0. The Morgan fingerprint density at radius 3 is 2.58 bits per heavy atom. The van der Waals surface area contributed by atoms with E-state index in [-0.39, 0.29) is 10.5 Å². The summed E-state index contributed by atoms with van der Waals surface area (Å²) >= 11 is 1.55. The van der Waals surface area contributed by atoms with Crippen molar-refractivity contribution in [2.75, 3.05) is 25.6 Å². The minimum absolute atomic E-state index is 0.0131. The number of thioether (sulfide) groups is 1. The third kappa shape index (κ3) is 3.71. The highest BCUT2D eigenvalue weighted by Gasteiger charge is 2.22. The van der Waals surface area contributed by atoms with Gasteiger partial charge in [-0.25, -0.2) is 17.5 Å². The van der Waals surface area contributed by atoms with Crippen molar-refractivity contribution in [1.29, 1.82) is 0 Å². The Hall–Kier alpha value is -1.05. The van der Waals surface area contributed by atoms with Crippen molar-refractivity contribution < 1.29 is 18.3 Å². The van der Waals surface area contributed by atoms with Crippen molar-refractivity contribution in [2.45, 2.75) is 11.8 Å². The summed E-state index contributed by atoms with van der Waals surface area (Å²) in [6.45, 7) is 2.02. The third-order valence-corrected chi connectivity index (χ3v) is 5.20. The summed E-state index contributed by atoms with van der Waals surface area (Å²) in [6, 6.07) is 4.16. The molecule has 0 radical (unpaired) electrons. The number of carbonyl (C=O) groups is 1. The largest absolute Gasteiger partial charge is 0.478 e. The first-order valence-electron chi connectivity index (χ1n) is 5.60. The van der Waals surface area contributed by atoms with Gasteiger partial charge in [-0.1, -0.05) is 6.07 Å². The highest BCUT2D eigenvalue weighted by atomic mass is 32.2. The van der Waals surface area contributed by atoms with Gasteiger partial charge in [0.1, 0.15) is 0 Å². The number of rotatable bonds is 6. The van der Waals surface area contributed by atoms with Gasteiger partial charge in [0, 0.05) is 19.3 Å². The van der Waals surface area contributed by atoms with Gasteiger partial charge in [-0.15, -0.1) is 0 Å². The minimum atomic E-state index is -3.63. The first-order valence-corrected chi connectivity index (χ1v) is 8.43. The van der Waals surface area contributed by atoms with Crippen molar-refractivity contribution in [2.24, 2.45) is 0 Å². The second-order valence-corrected chi connectivity index (χ2v) is 7.13. The van der Waals surface area contributed by atoms with Gasteiger partial charge in [-0.3, -0.25) is 0 Å². The van der Waals surface area contributed by atoms with Gasteiger partial charge >= 0.3 is 5.97 Å². The molecule has 1 aromatic carbocycles. The molecule has 106 valence electrons. The molecule has 0 spiro atoms. The van der Waals surface area contributed by atoms with Gasteiger partial charge in [0.15, 0.2) is 0 Å². The van der Waals surface area contributed by atoms with Crippen molar-refractivity contribution in [3.05, 3.63) is 29.3 Å². The average molecular weight is 303 g/mol. The van der Waals surface area contributed by atoms with Crippen LogP contribution in [0.2, 0.25) is 0 Å². The third-order valence-electron chi connectivity index (χ3n) is 2.76. The van der Waals surface area contributed by atoms with E-state index in [1.165, 1.54) is 29.6 Å². The molecule has 7 heteroatoms. The smallest absolute Gasteiger partial charge is 0.335 e. The summed E-state index contributed by atoms with van der Waals surface area (Å²) in [5.41, 5.74) is 0.553. The molecular weight excluding hydrogens is 286 g/mol. The minimum Gasteiger partial charge on any atom is -0.478 e. The molecule has 0 bridgehead atoms. The van der Waals surface area contributed by atoms with Crippen LogP contribution in [0, 0.1) is 6.92 Å². The Balaban J connectivity index is 3.15. The van der Waals surface area contributed by atoms with Gasteiger partial charge in [-0.05, 0) is 30.9 Å². The molecule has 1 aromatic rings. The predicted molar refractivity (Wildman–Crippen MR) is 76.3 cm³/mol. The number of hydrogen-bond acceptors (Lipinski definition) is 4. The van der Waals surface area contributed by atoms with Crippen LogP contribution in [0.4, 0.5) is 0 Å². The fraction of sp³-hybridized carbons (Fsp3) is 0.417. The molecule has 0 fully saturated rings. The summed E-state index contributed by atoms with van der Waals surface area (Å²) in [5, 5.41) is 9.02. The van der Waals surface area contributed by atoms with Crippen LogP contribution in [-0.2, 0) is 10.0 Å². The van der Waals surface area contributed by atoms with Crippen LogP contribution in [0.5, 0.6) is 0 Å². The van der Waals surface area contributed by atoms with Crippen LogP contribution in [0.1, 0.15) is 15.9 Å². The fourth-order valence-electron chi connectivity index (χ4n) is 1.51. The molecule has 19 heavy (non-hydrogen) atoms. The van der Waals surface area contributed by atoms with Gasteiger partial charge in [0.2, 0.25) is 10.0 Å². The Morgan fingerprint density at radius 1 is 1.42 bits per heavy atom. The summed E-state index contributed by atoms with van der Waals surface area (Å²) in [6.07, 6.45) is 1.90. The monoisotopic (exact) mass is 303 g/mol. The van der Waals surface area contributed by atoms with E-state index >= 15 is 0 Å². The van der Waals surface area contributed by atoms with Gasteiger partial charge in [0.05, 0.1) is 10.5 Å². The summed E-state index contributed by atoms with van der Waals surface area (Å²) in [7, 11) is -2.14. The molecule has 0 atom stereocenters. The number of carboxylic acid groups (broad SMARTS) is 1. The molecule has 0 saturated carbocycles. The number of aryl methyl sites for hydroxylation is 1. The van der Waals surface area contributed by atoms with Crippen molar-refractivity contribution in [1.82, 2.24) is 4.31 Å². The van der Waals surface area contributed by atoms with Crippen LogP contribution in [0.15, 0.2) is 23.1 Å². The molecule has 0 aromatic heterocycles. The lowest BCUT2D eigenvalue weighted by atomic mass is 10.1. The van der Waals surface area contributed by atoms with E-state index < -0.39 is 16.0 Å².